The third-order valence-electron chi connectivity index (χ3n) is 4.81. The molecule has 2 aromatic carbocycles. The van der Waals surface area contributed by atoms with Crippen molar-refractivity contribution < 1.29 is 14.6 Å². The minimum atomic E-state index is -0.573. The van der Waals surface area contributed by atoms with Gasteiger partial charge in [-0.15, -0.1) is 0 Å². The third-order valence-corrected chi connectivity index (χ3v) is 4.81. The van der Waals surface area contributed by atoms with E-state index in [4.69, 9.17) is 15.2 Å². The van der Waals surface area contributed by atoms with Crippen LogP contribution in [-0.4, -0.2) is 55.9 Å². The van der Waals surface area contributed by atoms with Crippen LogP contribution in [0.25, 0.3) is 0 Å². The summed E-state index contributed by atoms with van der Waals surface area (Å²) in [6, 6.07) is 13.9. The molecule has 1 heterocycles. The molecule has 0 aromatic heterocycles. The summed E-state index contributed by atoms with van der Waals surface area (Å²) in [5.74, 6) is 1.49. The van der Waals surface area contributed by atoms with Gasteiger partial charge in [-0.25, -0.2) is 0 Å². The molecule has 28 heavy (non-hydrogen) atoms. The molecule has 0 bridgehead atoms. The van der Waals surface area contributed by atoms with Crippen molar-refractivity contribution in [3.63, 3.8) is 0 Å². The number of ether oxygens (including phenoxy) is 2. The molecule has 1 aliphatic rings. The van der Waals surface area contributed by atoms with Gasteiger partial charge in [-0.1, -0.05) is 24.3 Å². The zero-order valence-electron chi connectivity index (χ0n) is 16.4. The summed E-state index contributed by atoms with van der Waals surface area (Å²) >= 11 is 0. The minimum absolute atomic E-state index is 0.240. The quantitative estimate of drug-likeness (QED) is 0.498. The third kappa shape index (κ3) is 5.15. The van der Waals surface area contributed by atoms with E-state index in [1.807, 2.05) is 6.07 Å². The Balaban J connectivity index is 1.51. The van der Waals surface area contributed by atoms with E-state index < -0.39 is 6.10 Å². The van der Waals surface area contributed by atoms with Crippen molar-refractivity contribution in [2.45, 2.75) is 19.1 Å². The number of aliphatic hydroxyl groups excluding tert-OH is 1. The summed E-state index contributed by atoms with van der Waals surface area (Å²) in [6.45, 7) is 2.61. The zero-order chi connectivity index (χ0) is 19.9. The van der Waals surface area contributed by atoms with Crippen molar-refractivity contribution >= 4 is 11.6 Å². The standard InChI is InChI=1S/C21H28N4O3/c1-27-19-8-7-17(11-20(19)28-2)24-21(22)23-12-18(26)14-25-10-9-15-5-3-4-6-16(15)13-25/h3-8,11,18,26H,9-10,12-14H2,1-2H3,(H3,22,23,24). The maximum atomic E-state index is 10.3. The second kappa shape index (κ2) is 9.43. The highest BCUT2D eigenvalue weighted by molar-refractivity contribution is 5.92. The van der Waals surface area contributed by atoms with E-state index in [0.717, 1.165) is 25.2 Å². The second-order valence-electron chi connectivity index (χ2n) is 6.83. The largest absolute Gasteiger partial charge is 0.493 e. The molecule has 1 atom stereocenters. The van der Waals surface area contributed by atoms with E-state index in [0.29, 0.717) is 18.0 Å². The molecule has 4 N–H and O–H groups in total. The van der Waals surface area contributed by atoms with Gasteiger partial charge in [0.05, 0.1) is 26.9 Å². The summed E-state index contributed by atoms with van der Waals surface area (Å²) in [4.78, 5) is 6.51. The number of nitrogens with two attached hydrogens (primary N) is 1. The average molecular weight is 384 g/mol. The van der Waals surface area contributed by atoms with Crippen LogP contribution in [0.1, 0.15) is 11.1 Å². The van der Waals surface area contributed by atoms with E-state index in [9.17, 15) is 5.11 Å². The van der Waals surface area contributed by atoms with Crippen molar-refractivity contribution in [2.75, 3.05) is 39.2 Å². The van der Waals surface area contributed by atoms with Crippen LogP contribution in [-0.2, 0) is 13.0 Å². The Morgan fingerprint density at radius 2 is 1.93 bits per heavy atom. The number of β-amino-alcohol motifs (C(OH)–C–C–N with tert-alkyl or cyclic N) is 1. The van der Waals surface area contributed by atoms with Gasteiger partial charge in [-0.05, 0) is 29.7 Å². The Labute approximate surface area is 165 Å². The first kappa shape index (κ1) is 20.0. The normalized spacial score (nSPS) is 15.6. The molecule has 0 radical (unpaired) electrons. The maximum absolute atomic E-state index is 10.3. The highest BCUT2D eigenvalue weighted by Gasteiger charge is 2.18. The van der Waals surface area contributed by atoms with Crippen LogP contribution < -0.4 is 20.5 Å². The molecule has 7 heteroatoms. The Morgan fingerprint density at radius 3 is 2.68 bits per heavy atom. The Kier molecular flexibility index (Phi) is 6.73. The molecule has 2 aromatic rings. The number of aliphatic hydroxyl groups is 1. The summed E-state index contributed by atoms with van der Waals surface area (Å²) in [6.07, 6.45) is 0.436. The van der Waals surface area contributed by atoms with Gasteiger partial charge in [0.15, 0.2) is 17.5 Å². The molecule has 150 valence electrons. The number of hydrogen-bond acceptors (Lipinski definition) is 5. The number of anilines is 1. The fourth-order valence-corrected chi connectivity index (χ4v) is 3.37. The molecule has 0 spiro atoms. The molecule has 3 rings (SSSR count). The number of hydrogen-bond donors (Lipinski definition) is 3. The number of benzene rings is 2. The molecule has 0 saturated heterocycles. The number of nitrogens with one attached hydrogen (secondary N) is 1. The molecule has 1 unspecified atom stereocenters. The molecule has 7 nitrogen and oxygen atoms in total. The van der Waals surface area contributed by atoms with Crippen molar-refractivity contribution in [1.29, 1.82) is 0 Å². The van der Waals surface area contributed by atoms with Crippen molar-refractivity contribution in [1.82, 2.24) is 4.90 Å². The molecule has 0 fully saturated rings. The SMILES string of the molecule is COc1ccc(NC(N)=NCC(O)CN2CCc3ccccc3C2)cc1OC. The Hall–Kier alpha value is -2.77. The van der Waals surface area contributed by atoms with E-state index in [2.05, 4.69) is 39.5 Å². The number of rotatable bonds is 7. The lowest BCUT2D eigenvalue weighted by atomic mass is 10.00. The first-order valence-electron chi connectivity index (χ1n) is 9.35. The predicted molar refractivity (Wildman–Crippen MR) is 111 cm³/mol. The lowest BCUT2D eigenvalue weighted by Crippen LogP contribution is -2.38. The van der Waals surface area contributed by atoms with Crippen molar-refractivity contribution in [3.8, 4) is 11.5 Å². The number of guanidine groups is 1. The van der Waals surface area contributed by atoms with E-state index in [1.54, 1.807) is 26.4 Å². The van der Waals surface area contributed by atoms with Crippen LogP contribution in [0.3, 0.4) is 0 Å². The van der Waals surface area contributed by atoms with Crippen LogP contribution >= 0.6 is 0 Å². The fourth-order valence-electron chi connectivity index (χ4n) is 3.37. The van der Waals surface area contributed by atoms with Crippen LogP contribution in [0.2, 0.25) is 0 Å². The lowest BCUT2D eigenvalue weighted by molar-refractivity contribution is 0.112. The average Bonchev–Trinajstić information content (AvgIpc) is 2.72. The first-order valence-corrected chi connectivity index (χ1v) is 9.35. The van der Waals surface area contributed by atoms with Crippen LogP contribution in [0, 0.1) is 0 Å². The Bertz CT molecular complexity index is 825. The smallest absolute Gasteiger partial charge is 0.193 e. The summed E-state index contributed by atoms with van der Waals surface area (Å²) in [5, 5.41) is 13.4. The minimum Gasteiger partial charge on any atom is -0.493 e. The Morgan fingerprint density at radius 1 is 1.18 bits per heavy atom. The second-order valence-corrected chi connectivity index (χ2v) is 6.83. The number of aliphatic imine (C=N–C) groups is 1. The summed E-state index contributed by atoms with van der Waals surface area (Å²) < 4.78 is 10.5. The van der Waals surface area contributed by atoms with Crippen molar-refractivity contribution in [3.05, 3.63) is 53.6 Å². The number of nitrogens with zero attached hydrogens (tertiary/aromatic N) is 2. The zero-order valence-corrected chi connectivity index (χ0v) is 16.4. The van der Waals surface area contributed by atoms with Crippen LogP contribution in [0.4, 0.5) is 5.69 Å². The van der Waals surface area contributed by atoms with Crippen LogP contribution in [0.5, 0.6) is 11.5 Å². The van der Waals surface area contributed by atoms with Gasteiger partial charge < -0.3 is 25.6 Å². The van der Waals surface area contributed by atoms with Gasteiger partial charge >= 0.3 is 0 Å². The van der Waals surface area contributed by atoms with Gasteiger partial charge in [0.2, 0.25) is 0 Å². The molecular weight excluding hydrogens is 356 g/mol. The van der Waals surface area contributed by atoms with Gasteiger partial charge in [0.25, 0.3) is 0 Å². The molecule has 1 aliphatic heterocycles. The topological polar surface area (TPSA) is 92.3 Å². The first-order chi connectivity index (χ1) is 13.6. The number of methoxy groups -OCH3 is 2. The molecule has 0 aliphatic carbocycles. The monoisotopic (exact) mass is 384 g/mol. The number of fused-ring (bicyclic) bond motifs is 1. The van der Waals surface area contributed by atoms with Crippen LogP contribution in [0.15, 0.2) is 47.5 Å². The predicted octanol–water partition coefficient (Wildman–Crippen LogP) is 1.85. The molecule has 0 amide bonds. The van der Waals surface area contributed by atoms with Gasteiger partial charge in [0.1, 0.15) is 0 Å². The van der Waals surface area contributed by atoms with E-state index in [1.165, 1.54) is 11.1 Å². The van der Waals surface area contributed by atoms with E-state index >= 15 is 0 Å². The van der Waals surface area contributed by atoms with Gasteiger partial charge in [-0.3, -0.25) is 9.89 Å². The van der Waals surface area contributed by atoms with Gasteiger partial charge in [-0.2, -0.15) is 0 Å². The lowest BCUT2D eigenvalue weighted by Gasteiger charge is -2.30. The highest BCUT2D eigenvalue weighted by Crippen LogP contribution is 2.29. The van der Waals surface area contributed by atoms with Crippen molar-refractivity contribution in [2.24, 2.45) is 10.7 Å². The summed E-state index contributed by atoms with van der Waals surface area (Å²) in [5.41, 5.74) is 9.42. The van der Waals surface area contributed by atoms with Gasteiger partial charge in [0, 0.05) is 31.4 Å². The fraction of sp³-hybridized carbons (Fsp3) is 0.381. The maximum Gasteiger partial charge on any atom is 0.193 e. The highest BCUT2D eigenvalue weighted by atomic mass is 16.5. The summed E-state index contributed by atoms with van der Waals surface area (Å²) in [7, 11) is 3.16. The van der Waals surface area contributed by atoms with E-state index in [-0.39, 0.29) is 12.5 Å². The molecular formula is C21H28N4O3. The molecule has 0 saturated carbocycles.